The van der Waals surface area contributed by atoms with Crippen molar-refractivity contribution in [3.05, 3.63) is 29.8 Å². The van der Waals surface area contributed by atoms with Gasteiger partial charge in [0.15, 0.2) is 0 Å². The minimum atomic E-state index is 0.593. The molecular formula is C11H14N2. The summed E-state index contributed by atoms with van der Waals surface area (Å²) in [6.07, 6.45) is 1.44. The molecule has 68 valence electrons. The number of benzene rings is 1. The van der Waals surface area contributed by atoms with E-state index < -0.39 is 0 Å². The van der Waals surface area contributed by atoms with Gasteiger partial charge in [0.25, 0.3) is 0 Å². The van der Waals surface area contributed by atoms with E-state index in [1.54, 1.807) is 0 Å². The van der Waals surface area contributed by atoms with Gasteiger partial charge in [0.2, 0.25) is 0 Å². The van der Waals surface area contributed by atoms with Crippen LogP contribution in [0.3, 0.4) is 0 Å². The maximum absolute atomic E-state index is 8.43. The van der Waals surface area contributed by atoms with Gasteiger partial charge in [0.05, 0.1) is 6.07 Å². The fourth-order valence-electron chi connectivity index (χ4n) is 1.24. The minimum Gasteiger partial charge on any atom is -0.385 e. The predicted molar refractivity (Wildman–Crippen MR) is 54.5 cm³/mol. The van der Waals surface area contributed by atoms with Crippen molar-refractivity contribution in [2.75, 3.05) is 11.9 Å². The number of nitrogens with one attached hydrogen (secondary N) is 1. The monoisotopic (exact) mass is 174 g/mol. The van der Waals surface area contributed by atoms with Crippen molar-refractivity contribution in [3.8, 4) is 6.07 Å². The first-order valence-electron chi connectivity index (χ1n) is 4.56. The standard InChI is InChI=1S/C11H14N2/c1-2-13-11-7-3-5-10(9-11)6-4-8-12/h3,5,7,9,13H,2,4,6H2,1H3. The molecule has 0 bridgehead atoms. The third kappa shape index (κ3) is 3.16. The molecule has 0 amide bonds. The average molecular weight is 174 g/mol. The molecule has 0 spiro atoms. The van der Waals surface area contributed by atoms with Gasteiger partial charge in [-0.05, 0) is 31.0 Å². The van der Waals surface area contributed by atoms with Gasteiger partial charge in [0, 0.05) is 18.7 Å². The van der Waals surface area contributed by atoms with Crippen molar-refractivity contribution in [2.24, 2.45) is 0 Å². The average Bonchev–Trinajstić information content (AvgIpc) is 2.16. The third-order valence-corrected chi connectivity index (χ3v) is 1.83. The summed E-state index contributed by atoms with van der Waals surface area (Å²) in [4.78, 5) is 0. The van der Waals surface area contributed by atoms with Crippen LogP contribution in [-0.2, 0) is 6.42 Å². The largest absolute Gasteiger partial charge is 0.385 e. The number of nitrogens with zero attached hydrogens (tertiary/aromatic N) is 1. The molecule has 0 fully saturated rings. The molecule has 1 aromatic rings. The quantitative estimate of drug-likeness (QED) is 0.761. The summed E-state index contributed by atoms with van der Waals surface area (Å²) >= 11 is 0. The Kier molecular flexibility index (Phi) is 3.84. The van der Waals surface area contributed by atoms with Crippen LogP contribution < -0.4 is 5.32 Å². The Morgan fingerprint density at radius 3 is 3.00 bits per heavy atom. The summed E-state index contributed by atoms with van der Waals surface area (Å²) in [5, 5.41) is 11.7. The molecule has 13 heavy (non-hydrogen) atoms. The molecule has 0 aliphatic heterocycles. The van der Waals surface area contributed by atoms with Crippen molar-refractivity contribution < 1.29 is 0 Å². The van der Waals surface area contributed by atoms with Crippen molar-refractivity contribution in [1.29, 1.82) is 5.26 Å². The summed E-state index contributed by atoms with van der Waals surface area (Å²) in [6.45, 7) is 3.00. The number of hydrogen-bond donors (Lipinski definition) is 1. The van der Waals surface area contributed by atoms with E-state index in [0.29, 0.717) is 6.42 Å². The summed E-state index contributed by atoms with van der Waals surface area (Å²) < 4.78 is 0. The first kappa shape index (κ1) is 9.60. The van der Waals surface area contributed by atoms with Crippen LogP contribution in [0, 0.1) is 11.3 Å². The minimum absolute atomic E-state index is 0.593. The van der Waals surface area contributed by atoms with Gasteiger partial charge in [-0.15, -0.1) is 0 Å². The molecule has 0 heterocycles. The predicted octanol–water partition coefficient (Wildman–Crippen LogP) is 2.57. The van der Waals surface area contributed by atoms with Gasteiger partial charge >= 0.3 is 0 Å². The molecule has 0 aliphatic rings. The summed E-state index contributed by atoms with van der Waals surface area (Å²) in [5.74, 6) is 0. The highest BCUT2D eigenvalue weighted by atomic mass is 14.8. The molecule has 1 N–H and O–H groups in total. The zero-order valence-corrected chi connectivity index (χ0v) is 7.88. The van der Waals surface area contributed by atoms with E-state index in [1.807, 2.05) is 12.1 Å². The number of rotatable bonds is 4. The fraction of sp³-hybridized carbons (Fsp3) is 0.364. The van der Waals surface area contributed by atoms with Crippen LogP contribution in [0.15, 0.2) is 24.3 Å². The van der Waals surface area contributed by atoms with Gasteiger partial charge in [-0.3, -0.25) is 0 Å². The lowest BCUT2D eigenvalue weighted by molar-refractivity contribution is 1.01. The maximum Gasteiger partial charge on any atom is 0.0625 e. The van der Waals surface area contributed by atoms with Gasteiger partial charge < -0.3 is 5.32 Å². The second kappa shape index (κ2) is 5.21. The van der Waals surface area contributed by atoms with Crippen molar-refractivity contribution >= 4 is 5.69 Å². The Hall–Kier alpha value is -1.49. The lowest BCUT2D eigenvalue weighted by Crippen LogP contribution is -1.96. The smallest absolute Gasteiger partial charge is 0.0625 e. The van der Waals surface area contributed by atoms with Crippen LogP contribution in [-0.4, -0.2) is 6.54 Å². The van der Waals surface area contributed by atoms with E-state index in [4.69, 9.17) is 5.26 Å². The van der Waals surface area contributed by atoms with Crippen LogP contribution in [0.5, 0.6) is 0 Å². The van der Waals surface area contributed by atoms with Crippen LogP contribution in [0.25, 0.3) is 0 Å². The van der Waals surface area contributed by atoms with E-state index in [0.717, 1.165) is 18.7 Å². The molecule has 0 saturated heterocycles. The van der Waals surface area contributed by atoms with Gasteiger partial charge in [-0.25, -0.2) is 0 Å². The van der Waals surface area contributed by atoms with E-state index in [9.17, 15) is 0 Å². The SMILES string of the molecule is CCNc1cccc(CCC#N)c1. The molecule has 0 aliphatic carbocycles. The Bertz CT molecular complexity index is 299. The van der Waals surface area contributed by atoms with Crippen LogP contribution >= 0.6 is 0 Å². The second-order valence-electron chi connectivity index (χ2n) is 2.89. The van der Waals surface area contributed by atoms with Gasteiger partial charge in [-0.1, -0.05) is 12.1 Å². The molecule has 0 radical (unpaired) electrons. The van der Waals surface area contributed by atoms with Crippen molar-refractivity contribution in [1.82, 2.24) is 0 Å². The zero-order chi connectivity index (χ0) is 9.52. The van der Waals surface area contributed by atoms with Crippen LogP contribution in [0.1, 0.15) is 18.9 Å². The molecule has 1 aromatic carbocycles. The molecular weight excluding hydrogens is 160 g/mol. The molecule has 0 aromatic heterocycles. The first-order chi connectivity index (χ1) is 6.36. The van der Waals surface area contributed by atoms with E-state index in [1.165, 1.54) is 5.56 Å². The second-order valence-corrected chi connectivity index (χ2v) is 2.89. The first-order valence-corrected chi connectivity index (χ1v) is 4.56. The van der Waals surface area contributed by atoms with E-state index in [2.05, 4.69) is 30.4 Å². The topological polar surface area (TPSA) is 35.8 Å². The number of hydrogen-bond acceptors (Lipinski definition) is 2. The van der Waals surface area contributed by atoms with Crippen LogP contribution in [0.4, 0.5) is 5.69 Å². The highest BCUT2D eigenvalue weighted by Crippen LogP contribution is 2.11. The van der Waals surface area contributed by atoms with Crippen LogP contribution in [0.2, 0.25) is 0 Å². The highest BCUT2D eigenvalue weighted by molar-refractivity contribution is 5.45. The summed E-state index contributed by atoms with van der Waals surface area (Å²) in [6, 6.07) is 10.4. The zero-order valence-electron chi connectivity index (χ0n) is 7.88. The maximum atomic E-state index is 8.43. The molecule has 2 nitrogen and oxygen atoms in total. The van der Waals surface area contributed by atoms with Crippen molar-refractivity contribution in [3.63, 3.8) is 0 Å². The molecule has 0 unspecified atom stereocenters. The lowest BCUT2D eigenvalue weighted by atomic mass is 10.1. The molecule has 0 atom stereocenters. The molecule has 1 rings (SSSR count). The van der Waals surface area contributed by atoms with Gasteiger partial charge in [-0.2, -0.15) is 5.26 Å². The Labute approximate surface area is 79.2 Å². The van der Waals surface area contributed by atoms with Crippen molar-refractivity contribution in [2.45, 2.75) is 19.8 Å². The van der Waals surface area contributed by atoms with E-state index in [-0.39, 0.29) is 0 Å². The summed E-state index contributed by atoms with van der Waals surface area (Å²) in [5.41, 5.74) is 2.36. The lowest BCUT2D eigenvalue weighted by Gasteiger charge is -2.04. The fourth-order valence-corrected chi connectivity index (χ4v) is 1.24. The Morgan fingerprint density at radius 1 is 1.46 bits per heavy atom. The normalized spacial score (nSPS) is 9.23. The number of nitriles is 1. The summed E-state index contributed by atoms with van der Waals surface area (Å²) in [7, 11) is 0. The number of anilines is 1. The number of aryl methyl sites for hydroxylation is 1. The Balaban J connectivity index is 2.63. The Morgan fingerprint density at radius 2 is 2.31 bits per heavy atom. The van der Waals surface area contributed by atoms with E-state index >= 15 is 0 Å². The molecule has 0 saturated carbocycles. The van der Waals surface area contributed by atoms with Gasteiger partial charge in [0.1, 0.15) is 0 Å². The molecule has 2 heteroatoms. The highest BCUT2D eigenvalue weighted by Gasteiger charge is 1.94. The third-order valence-electron chi connectivity index (χ3n) is 1.83.